The summed E-state index contributed by atoms with van der Waals surface area (Å²) in [6.45, 7) is 3.50. The van der Waals surface area contributed by atoms with Crippen molar-refractivity contribution in [1.29, 1.82) is 0 Å². The fourth-order valence-corrected chi connectivity index (χ4v) is 4.16. The van der Waals surface area contributed by atoms with E-state index in [1.807, 2.05) is 6.92 Å². The van der Waals surface area contributed by atoms with Gasteiger partial charge in [-0.05, 0) is 56.3 Å². The van der Waals surface area contributed by atoms with Crippen LogP contribution < -0.4 is 20.5 Å². The third-order valence-corrected chi connectivity index (χ3v) is 5.78. The van der Waals surface area contributed by atoms with E-state index in [1.165, 1.54) is 12.1 Å². The number of hydrogen-bond acceptors (Lipinski definition) is 5. The summed E-state index contributed by atoms with van der Waals surface area (Å²) >= 11 is 0. The van der Waals surface area contributed by atoms with Gasteiger partial charge in [-0.25, -0.2) is 13.6 Å². The Morgan fingerprint density at radius 1 is 1.44 bits per heavy atom. The summed E-state index contributed by atoms with van der Waals surface area (Å²) in [5.41, 5.74) is 0.965. The van der Waals surface area contributed by atoms with E-state index in [1.54, 1.807) is 0 Å². The van der Waals surface area contributed by atoms with Gasteiger partial charge in [-0.1, -0.05) is 6.92 Å². The maximum atomic E-state index is 12.9. The topological polar surface area (TPSA) is 111 Å². The molecule has 2 unspecified atom stereocenters. The lowest BCUT2D eigenvalue weighted by Gasteiger charge is -2.26. The first kappa shape index (κ1) is 18.2. The van der Waals surface area contributed by atoms with Crippen molar-refractivity contribution in [3.05, 3.63) is 23.3 Å². The van der Waals surface area contributed by atoms with E-state index >= 15 is 0 Å². The Morgan fingerprint density at radius 2 is 2.24 bits per heavy atom. The van der Waals surface area contributed by atoms with Crippen molar-refractivity contribution < 1.29 is 17.9 Å². The molecule has 7 nitrogen and oxygen atoms in total. The maximum Gasteiger partial charge on any atom is 0.255 e. The number of nitrogens with two attached hydrogens (primary N) is 1. The highest BCUT2D eigenvalue weighted by Crippen LogP contribution is 2.32. The smallest absolute Gasteiger partial charge is 0.255 e. The lowest BCUT2D eigenvalue weighted by atomic mass is 10.00. The zero-order valence-electron chi connectivity index (χ0n) is 14.4. The first-order valence-corrected chi connectivity index (χ1v) is 10.3. The van der Waals surface area contributed by atoms with Gasteiger partial charge in [0.1, 0.15) is 5.75 Å². The Balaban J connectivity index is 1.92. The van der Waals surface area contributed by atoms with E-state index in [4.69, 9.17) is 9.88 Å². The van der Waals surface area contributed by atoms with Crippen LogP contribution in [0.2, 0.25) is 0 Å². The van der Waals surface area contributed by atoms with E-state index in [0.717, 1.165) is 37.8 Å². The second kappa shape index (κ2) is 7.31. The summed E-state index contributed by atoms with van der Waals surface area (Å²) < 4.78 is 29.2. The van der Waals surface area contributed by atoms with Crippen LogP contribution in [0.3, 0.4) is 0 Å². The van der Waals surface area contributed by atoms with E-state index in [9.17, 15) is 13.2 Å². The Labute approximate surface area is 148 Å². The van der Waals surface area contributed by atoms with Gasteiger partial charge in [0.05, 0.1) is 17.1 Å². The summed E-state index contributed by atoms with van der Waals surface area (Å²) in [4.78, 5) is 12.8. The van der Waals surface area contributed by atoms with Gasteiger partial charge >= 0.3 is 0 Å². The normalized spacial score (nSPS) is 21.3. The Morgan fingerprint density at radius 3 is 2.88 bits per heavy atom. The summed E-state index contributed by atoms with van der Waals surface area (Å²) in [5, 5.41) is 11.7. The molecule has 0 bridgehead atoms. The van der Waals surface area contributed by atoms with Crippen molar-refractivity contribution in [2.75, 3.05) is 13.2 Å². The molecule has 2 atom stereocenters. The summed E-state index contributed by atoms with van der Waals surface area (Å²) in [7, 11) is -3.89. The van der Waals surface area contributed by atoms with Crippen LogP contribution >= 0.6 is 0 Å². The van der Waals surface area contributed by atoms with Crippen LogP contribution in [-0.4, -0.2) is 39.6 Å². The minimum Gasteiger partial charge on any atom is -0.492 e. The van der Waals surface area contributed by atoms with Gasteiger partial charge in [0, 0.05) is 12.1 Å². The summed E-state index contributed by atoms with van der Waals surface area (Å²) in [6, 6.07) is 3.07. The number of ether oxygens (including phenoxy) is 1. The average Bonchev–Trinajstić information content (AvgIpc) is 3.12. The Kier molecular flexibility index (Phi) is 5.31. The number of aryl methyl sites for hydroxylation is 1. The monoisotopic (exact) mass is 367 g/mol. The van der Waals surface area contributed by atoms with Crippen LogP contribution in [0, 0.1) is 0 Å². The summed E-state index contributed by atoms with van der Waals surface area (Å²) in [5.74, 6) is 0.162. The number of carbonyl (C=O) groups excluding carboxylic acids is 1. The zero-order chi connectivity index (χ0) is 18.0. The molecule has 2 heterocycles. The van der Waals surface area contributed by atoms with E-state index in [2.05, 4.69) is 10.6 Å². The molecule has 1 aromatic rings. The molecule has 1 fully saturated rings. The molecule has 4 N–H and O–H groups in total. The second-order valence-electron chi connectivity index (χ2n) is 6.65. The number of amides is 1. The molecule has 8 heteroatoms. The molecule has 0 radical (unpaired) electrons. The largest absolute Gasteiger partial charge is 0.492 e. The molecule has 2 aliphatic rings. The molecule has 2 aliphatic heterocycles. The first-order chi connectivity index (χ1) is 11.9. The molecule has 1 saturated heterocycles. The number of benzene rings is 1. The maximum absolute atomic E-state index is 12.9. The van der Waals surface area contributed by atoms with Crippen LogP contribution in [0.1, 0.15) is 48.5 Å². The van der Waals surface area contributed by atoms with Gasteiger partial charge in [-0.3, -0.25) is 4.79 Å². The van der Waals surface area contributed by atoms with Gasteiger partial charge in [0.15, 0.2) is 0 Å². The number of nitrogens with one attached hydrogen (secondary N) is 2. The number of rotatable bonds is 5. The highest BCUT2D eigenvalue weighted by atomic mass is 32.2. The molecule has 1 amide bonds. The van der Waals surface area contributed by atoms with E-state index < -0.39 is 10.0 Å². The molecule has 138 valence electrons. The van der Waals surface area contributed by atoms with Crippen molar-refractivity contribution in [2.45, 2.75) is 56.0 Å². The van der Waals surface area contributed by atoms with Crippen LogP contribution in [0.15, 0.2) is 17.0 Å². The fourth-order valence-electron chi connectivity index (χ4n) is 3.57. The molecular formula is C17H25N3O4S. The van der Waals surface area contributed by atoms with Crippen molar-refractivity contribution in [1.82, 2.24) is 10.6 Å². The Bertz CT molecular complexity index is 757. The van der Waals surface area contributed by atoms with Crippen LogP contribution in [0.4, 0.5) is 0 Å². The third kappa shape index (κ3) is 3.96. The van der Waals surface area contributed by atoms with Gasteiger partial charge in [-0.2, -0.15) is 0 Å². The average molecular weight is 367 g/mol. The molecule has 1 aromatic carbocycles. The number of carbonyl (C=O) groups is 1. The quantitative estimate of drug-likeness (QED) is 0.717. The molecule has 0 aromatic heterocycles. The zero-order valence-corrected chi connectivity index (χ0v) is 15.2. The van der Waals surface area contributed by atoms with Crippen molar-refractivity contribution in [3.63, 3.8) is 0 Å². The molecule has 0 spiro atoms. The SMILES string of the molecule is CCC(NC(=O)c1cc(S(N)(=O)=O)cc2c1OCCC2)C1CCCN1. The molecule has 0 aliphatic carbocycles. The highest BCUT2D eigenvalue weighted by Gasteiger charge is 2.28. The minimum absolute atomic E-state index is 0.00706. The van der Waals surface area contributed by atoms with E-state index in [0.29, 0.717) is 18.8 Å². The van der Waals surface area contributed by atoms with E-state index in [-0.39, 0.29) is 28.4 Å². The molecular weight excluding hydrogens is 342 g/mol. The number of primary sulfonamides is 1. The lowest BCUT2D eigenvalue weighted by molar-refractivity contribution is 0.0922. The fraction of sp³-hybridized carbons (Fsp3) is 0.588. The minimum atomic E-state index is -3.89. The van der Waals surface area contributed by atoms with Crippen molar-refractivity contribution >= 4 is 15.9 Å². The molecule has 3 rings (SSSR count). The standard InChI is InChI=1S/C17H25N3O4S/c1-2-14(15-6-3-7-19-15)20-17(21)13-10-12(25(18,22)23)9-11-5-4-8-24-16(11)13/h9-10,14-15,19H,2-8H2,1H3,(H,20,21)(H2,18,22,23). The van der Waals surface area contributed by atoms with Gasteiger partial charge in [0.25, 0.3) is 5.91 Å². The predicted molar refractivity (Wildman–Crippen MR) is 94.2 cm³/mol. The van der Waals surface area contributed by atoms with Gasteiger partial charge < -0.3 is 15.4 Å². The molecule has 25 heavy (non-hydrogen) atoms. The van der Waals surface area contributed by atoms with Gasteiger partial charge in [0.2, 0.25) is 10.0 Å². The van der Waals surface area contributed by atoms with Gasteiger partial charge in [-0.15, -0.1) is 0 Å². The number of sulfonamides is 1. The van der Waals surface area contributed by atoms with Crippen LogP contribution in [-0.2, 0) is 16.4 Å². The number of fused-ring (bicyclic) bond motifs is 1. The van der Waals surface area contributed by atoms with Crippen LogP contribution in [0.5, 0.6) is 5.75 Å². The van der Waals surface area contributed by atoms with Crippen molar-refractivity contribution in [3.8, 4) is 5.75 Å². The predicted octanol–water partition coefficient (Wildman–Crippen LogP) is 0.919. The second-order valence-corrected chi connectivity index (χ2v) is 8.21. The third-order valence-electron chi connectivity index (χ3n) is 4.89. The molecule has 0 saturated carbocycles. The lowest BCUT2D eigenvalue weighted by Crippen LogP contribution is -2.47. The first-order valence-electron chi connectivity index (χ1n) is 8.77. The summed E-state index contributed by atoms with van der Waals surface area (Å²) in [6.07, 6.45) is 4.36. The van der Waals surface area contributed by atoms with Crippen molar-refractivity contribution in [2.24, 2.45) is 5.14 Å². The highest BCUT2D eigenvalue weighted by molar-refractivity contribution is 7.89. The van der Waals surface area contributed by atoms with Crippen LogP contribution in [0.25, 0.3) is 0 Å². The Hall–Kier alpha value is -1.64. The number of hydrogen-bond donors (Lipinski definition) is 3.